The molecule has 0 radical (unpaired) electrons. The highest BCUT2D eigenvalue weighted by Crippen LogP contribution is 2.34. The number of hydrogen-bond donors (Lipinski definition) is 0. The number of anilines is 2. The predicted molar refractivity (Wildman–Crippen MR) is 104 cm³/mol. The lowest BCUT2D eigenvalue weighted by atomic mass is 10.0. The summed E-state index contributed by atoms with van der Waals surface area (Å²) in [4.78, 5) is 16.3. The first-order valence-electron chi connectivity index (χ1n) is 8.81. The van der Waals surface area contributed by atoms with Gasteiger partial charge in [-0.2, -0.15) is 0 Å². The number of carbonyl (C=O) groups is 1. The van der Waals surface area contributed by atoms with Crippen molar-refractivity contribution in [3.05, 3.63) is 71.5 Å². The third kappa shape index (κ3) is 2.97. The average molecular weight is 348 g/mol. The van der Waals surface area contributed by atoms with Crippen molar-refractivity contribution < 1.29 is 9.18 Å². The Hall–Kier alpha value is -2.72. The second-order valence-corrected chi connectivity index (χ2v) is 6.93. The lowest BCUT2D eigenvalue weighted by Crippen LogP contribution is -2.26. The SMILES string of the molecule is CC(=O)c1ccc2c(c1)CN(C)CCN2c1ccc2c(F)cccc2c1. The molecule has 3 aromatic rings. The summed E-state index contributed by atoms with van der Waals surface area (Å²) in [5, 5.41) is 1.53. The third-order valence-electron chi connectivity index (χ3n) is 5.04. The number of halogens is 1. The van der Waals surface area contributed by atoms with Crippen LogP contribution in [0.15, 0.2) is 54.6 Å². The minimum absolute atomic E-state index is 0.0763. The maximum Gasteiger partial charge on any atom is 0.159 e. The quantitative estimate of drug-likeness (QED) is 0.624. The van der Waals surface area contributed by atoms with Crippen LogP contribution >= 0.6 is 0 Å². The zero-order valence-corrected chi connectivity index (χ0v) is 15.0. The molecule has 132 valence electrons. The zero-order chi connectivity index (χ0) is 18.3. The molecule has 4 heteroatoms. The monoisotopic (exact) mass is 348 g/mol. The van der Waals surface area contributed by atoms with Crippen molar-refractivity contribution in [1.82, 2.24) is 4.90 Å². The molecular formula is C22H21FN2O. The Balaban J connectivity index is 1.83. The minimum atomic E-state index is -0.198. The number of benzene rings is 3. The Labute approximate surface area is 152 Å². The molecule has 0 aromatic heterocycles. The first-order chi connectivity index (χ1) is 12.5. The number of rotatable bonds is 2. The molecule has 0 N–H and O–H groups in total. The van der Waals surface area contributed by atoms with Gasteiger partial charge in [0.05, 0.1) is 0 Å². The van der Waals surface area contributed by atoms with E-state index in [-0.39, 0.29) is 11.6 Å². The van der Waals surface area contributed by atoms with E-state index in [1.165, 1.54) is 6.07 Å². The van der Waals surface area contributed by atoms with E-state index in [4.69, 9.17) is 0 Å². The second kappa shape index (κ2) is 6.54. The molecule has 0 unspecified atom stereocenters. The van der Waals surface area contributed by atoms with E-state index in [0.717, 1.165) is 47.5 Å². The van der Waals surface area contributed by atoms with Crippen LogP contribution < -0.4 is 4.90 Å². The number of hydrogen-bond acceptors (Lipinski definition) is 3. The summed E-state index contributed by atoms with van der Waals surface area (Å²) in [7, 11) is 2.09. The van der Waals surface area contributed by atoms with Gasteiger partial charge in [-0.25, -0.2) is 4.39 Å². The maximum absolute atomic E-state index is 14.0. The van der Waals surface area contributed by atoms with E-state index in [1.54, 1.807) is 13.0 Å². The molecule has 0 bridgehead atoms. The minimum Gasteiger partial charge on any atom is -0.340 e. The van der Waals surface area contributed by atoms with Crippen LogP contribution in [-0.4, -0.2) is 30.8 Å². The van der Waals surface area contributed by atoms with Crippen LogP contribution in [0.25, 0.3) is 10.8 Å². The van der Waals surface area contributed by atoms with Crippen molar-refractivity contribution in [1.29, 1.82) is 0 Å². The fraction of sp³-hybridized carbons (Fsp3) is 0.227. The summed E-state index contributed by atoms with van der Waals surface area (Å²) in [5.41, 5.74) is 4.02. The van der Waals surface area contributed by atoms with Gasteiger partial charge in [-0.05, 0) is 67.4 Å². The Morgan fingerprint density at radius 1 is 1.04 bits per heavy atom. The van der Waals surface area contributed by atoms with Crippen LogP contribution in [-0.2, 0) is 6.54 Å². The number of nitrogens with zero attached hydrogens (tertiary/aromatic N) is 2. The highest BCUT2D eigenvalue weighted by molar-refractivity contribution is 5.95. The van der Waals surface area contributed by atoms with E-state index in [2.05, 4.69) is 16.8 Å². The van der Waals surface area contributed by atoms with Crippen LogP contribution in [0.2, 0.25) is 0 Å². The Morgan fingerprint density at radius 3 is 2.69 bits per heavy atom. The molecule has 1 heterocycles. The maximum atomic E-state index is 14.0. The smallest absolute Gasteiger partial charge is 0.159 e. The van der Waals surface area contributed by atoms with Gasteiger partial charge < -0.3 is 9.80 Å². The van der Waals surface area contributed by atoms with Gasteiger partial charge in [0, 0.05) is 42.0 Å². The number of likely N-dealkylation sites (N-methyl/N-ethyl adjacent to an activating group) is 1. The lowest BCUT2D eigenvalue weighted by Gasteiger charge is -2.25. The van der Waals surface area contributed by atoms with E-state index < -0.39 is 0 Å². The van der Waals surface area contributed by atoms with Gasteiger partial charge in [-0.1, -0.05) is 12.1 Å². The number of fused-ring (bicyclic) bond motifs is 2. The summed E-state index contributed by atoms with van der Waals surface area (Å²) >= 11 is 0. The molecule has 0 saturated heterocycles. The summed E-state index contributed by atoms with van der Waals surface area (Å²) in [6.07, 6.45) is 0. The molecule has 4 rings (SSSR count). The molecule has 0 saturated carbocycles. The van der Waals surface area contributed by atoms with E-state index in [9.17, 15) is 9.18 Å². The van der Waals surface area contributed by atoms with Crippen molar-refractivity contribution >= 4 is 27.9 Å². The molecule has 0 spiro atoms. The van der Waals surface area contributed by atoms with E-state index in [0.29, 0.717) is 5.39 Å². The van der Waals surface area contributed by atoms with Gasteiger partial charge in [0.25, 0.3) is 0 Å². The highest BCUT2D eigenvalue weighted by Gasteiger charge is 2.20. The second-order valence-electron chi connectivity index (χ2n) is 6.93. The van der Waals surface area contributed by atoms with Crippen molar-refractivity contribution in [3.8, 4) is 0 Å². The standard InChI is InChI=1S/C22H21FN2O/c1-15(26)16-6-9-22-18(12-16)14-24(2)10-11-25(22)19-7-8-20-17(13-19)4-3-5-21(20)23/h3-9,12-13H,10-11,14H2,1-2H3. The van der Waals surface area contributed by atoms with Gasteiger partial charge in [0.2, 0.25) is 0 Å². The third-order valence-corrected chi connectivity index (χ3v) is 5.04. The Morgan fingerprint density at radius 2 is 1.88 bits per heavy atom. The van der Waals surface area contributed by atoms with Crippen molar-refractivity contribution in [3.63, 3.8) is 0 Å². The molecule has 0 aliphatic carbocycles. The summed E-state index contributed by atoms with van der Waals surface area (Å²) in [6, 6.07) is 16.9. The van der Waals surface area contributed by atoms with Gasteiger partial charge in [-0.15, -0.1) is 0 Å². The highest BCUT2D eigenvalue weighted by atomic mass is 19.1. The van der Waals surface area contributed by atoms with Crippen LogP contribution in [0.4, 0.5) is 15.8 Å². The van der Waals surface area contributed by atoms with Gasteiger partial charge in [0.15, 0.2) is 5.78 Å². The number of carbonyl (C=O) groups excluding carboxylic acids is 1. The molecule has 26 heavy (non-hydrogen) atoms. The molecule has 1 aliphatic heterocycles. The van der Waals surface area contributed by atoms with Gasteiger partial charge >= 0.3 is 0 Å². The fourth-order valence-electron chi connectivity index (χ4n) is 3.62. The van der Waals surface area contributed by atoms with Gasteiger partial charge in [-0.3, -0.25) is 4.79 Å². The molecular weight excluding hydrogens is 327 g/mol. The molecule has 0 atom stereocenters. The van der Waals surface area contributed by atoms with Gasteiger partial charge in [0.1, 0.15) is 5.82 Å². The van der Waals surface area contributed by atoms with E-state index in [1.807, 2.05) is 42.5 Å². The Bertz CT molecular complexity index is 999. The average Bonchev–Trinajstić information content (AvgIpc) is 2.79. The van der Waals surface area contributed by atoms with Crippen LogP contribution in [0.5, 0.6) is 0 Å². The zero-order valence-electron chi connectivity index (χ0n) is 15.0. The summed E-state index contributed by atoms with van der Waals surface area (Å²) < 4.78 is 14.0. The van der Waals surface area contributed by atoms with Crippen LogP contribution in [0.3, 0.4) is 0 Å². The largest absolute Gasteiger partial charge is 0.340 e. The van der Waals surface area contributed by atoms with Crippen molar-refractivity contribution in [2.24, 2.45) is 0 Å². The molecule has 0 amide bonds. The molecule has 3 aromatic carbocycles. The predicted octanol–water partition coefficient (Wildman–Crippen LogP) is 4.77. The first kappa shape index (κ1) is 16.7. The van der Waals surface area contributed by atoms with Crippen LogP contribution in [0, 0.1) is 5.82 Å². The molecule has 0 fully saturated rings. The normalized spacial score (nSPS) is 15.0. The summed E-state index contributed by atoms with van der Waals surface area (Å²) in [6.45, 7) is 4.14. The molecule has 3 nitrogen and oxygen atoms in total. The number of Topliss-reactive ketones (excluding diaryl/α,β-unsaturated/α-hetero) is 1. The lowest BCUT2D eigenvalue weighted by molar-refractivity contribution is 0.101. The number of ketones is 1. The topological polar surface area (TPSA) is 23.6 Å². The Kier molecular flexibility index (Phi) is 4.21. The molecule has 1 aliphatic rings. The first-order valence-corrected chi connectivity index (χ1v) is 8.81. The summed E-state index contributed by atoms with van der Waals surface area (Å²) in [5.74, 6) is -0.122. The van der Waals surface area contributed by atoms with Crippen molar-refractivity contribution in [2.75, 3.05) is 25.0 Å². The van der Waals surface area contributed by atoms with Crippen molar-refractivity contribution in [2.45, 2.75) is 13.5 Å². The fourth-order valence-corrected chi connectivity index (χ4v) is 3.62. The van der Waals surface area contributed by atoms with E-state index >= 15 is 0 Å². The van der Waals surface area contributed by atoms with Crippen LogP contribution in [0.1, 0.15) is 22.8 Å².